The van der Waals surface area contributed by atoms with Crippen molar-refractivity contribution >= 4 is 17.0 Å². The smallest absolute Gasteiger partial charge is 0.258 e. The minimum atomic E-state index is -0.130. The first kappa shape index (κ1) is 15.4. The number of carbonyl (C=O) groups excluding carboxylic acids is 1. The number of hydrogen-bond donors (Lipinski definition) is 1. The van der Waals surface area contributed by atoms with Gasteiger partial charge in [0.25, 0.3) is 11.6 Å². The molecule has 2 aromatic heterocycles. The summed E-state index contributed by atoms with van der Waals surface area (Å²) in [5.41, 5.74) is 8.00. The Morgan fingerprint density at radius 2 is 2.10 bits per heavy atom. The van der Waals surface area contributed by atoms with Gasteiger partial charge in [0.15, 0.2) is 0 Å². The fourth-order valence-electron chi connectivity index (χ4n) is 2.37. The molecule has 6 heteroatoms. The number of aromatic nitrogens is 2. The number of amides is 1. The predicted molar refractivity (Wildman–Crippen MR) is 81.1 cm³/mol. The van der Waals surface area contributed by atoms with Gasteiger partial charge >= 0.3 is 0 Å². The molecule has 0 aliphatic heterocycles. The minimum absolute atomic E-state index is 0.0710. The van der Waals surface area contributed by atoms with E-state index in [0.717, 1.165) is 5.69 Å². The summed E-state index contributed by atoms with van der Waals surface area (Å²) >= 11 is 0. The molecule has 0 aliphatic carbocycles. The van der Waals surface area contributed by atoms with E-state index < -0.39 is 0 Å². The van der Waals surface area contributed by atoms with Crippen LogP contribution in [0.4, 0.5) is 0 Å². The molecule has 2 N–H and O–H groups in total. The van der Waals surface area contributed by atoms with Crippen LogP contribution in [0.25, 0.3) is 11.1 Å². The molecular formula is C15H22N4O2. The van der Waals surface area contributed by atoms with E-state index in [1.165, 1.54) is 0 Å². The summed E-state index contributed by atoms with van der Waals surface area (Å²) in [4.78, 5) is 18.7. The number of fused-ring (bicyclic) bond motifs is 1. The van der Waals surface area contributed by atoms with Gasteiger partial charge in [-0.25, -0.2) is 4.98 Å². The van der Waals surface area contributed by atoms with E-state index in [4.69, 9.17) is 10.3 Å². The molecule has 6 nitrogen and oxygen atoms in total. The van der Waals surface area contributed by atoms with Crippen LogP contribution < -0.4 is 5.73 Å². The lowest BCUT2D eigenvalue weighted by Gasteiger charge is -2.29. The summed E-state index contributed by atoms with van der Waals surface area (Å²) in [5.74, 6) is -0.0710. The van der Waals surface area contributed by atoms with E-state index in [2.05, 4.69) is 10.1 Å². The largest absolute Gasteiger partial charge is 0.341 e. The number of aryl methyl sites for hydroxylation is 2. The Hall–Kier alpha value is -1.95. The van der Waals surface area contributed by atoms with E-state index in [1.54, 1.807) is 18.0 Å². The van der Waals surface area contributed by atoms with Crippen LogP contribution in [0.3, 0.4) is 0 Å². The highest BCUT2D eigenvalue weighted by atomic mass is 16.5. The van der Waals surface area contributed by atoms with Gasteiger partial charge in [-0.05, 0) is 31.9 Å². The molecule has 0 spiro atoms. The molecule has 0 saturated heterocycles. The van der Waals surface area contributed by atoms with Gasteiger partial charge in [0.05, 0.1) is 16.6 Å². The van der Waals surface area contributed by atoms with Crippen LogP contribution in [0, 0.1) is 19.3 Å². The standard InChI is InChI=1S/C15H22N4O2/c1-9-6-11(12-10(2)18-21-13(12)17-9)14(20)19(5)8-15(3,4)7-16/h6H,7-8,16H2,1-5H3. The van der Waals surface area contributed by atoms with E-state index in [9.17, 15) is 4.79 Å². The second kappa shape index (κ2) is 5.44. The van der Waals surface area contributed by atoms with Crippen LogP contribution in [0.5, 0.6) is 0 Å². The van der Waals surface area contributed by atoms with Gasteiger partial charge in [0.1, 0.15) is 0 Å². The molecule has 0 radical (unpaired) electrons. The Morgan fingerprint density at radius 3 is 2.71 bits per heavy atom. The molecular weight excluding hydrogens is 268 g/mol. The highest BCUT2D eigenvalue weighted by molar-refractivity contribution is 6.05. The third-order valence-corrected chi connectivity index (χ3v) is 3.54. The number of nitrogens with two attached hydrogens (primary N) is 1. The Balaban J connectivity index is 2.41. The molecule has 0 fully saturated rings. The summed E-state index contributed by atoms with van der Waals surface area (Å²) < 4.78 is 5.17. The van der Waals surface area contributed by atoms with Crippen molar-refractivity contribution in [3.8, 4) is 0 Å². The Labute approximate surface area is 124 Å². The number of pyridine rings is 1. The molecule has 21 heavy (non-hydrogen) atoms. The lowest BCUT2D eigenvalue weighted by atomic mass is 9.93. The van der Waals surface area contributed by atoms with Crippen molar-refractivity contribution < 1.29 is 9.32 Å². The van der Waals surface area contributed by atoms with Crippen molar-refractivity contribution in [2.75, 3.05) is 20.1 Å². The van der Waals surface area contributed by atoms with Gasteiger partial charge in [-0.1, -0.05) is 19.0 Å². The zero-order valence-corrected chi connectivity index (χ0v) is 13.2. The highest BCUT2D eigenvalue weighted by Crippen LogP contribution is 2.24. The zero-order chi connectivity index (χ0) is 15.8. The fraction of sp³-hybridized carbons (Fsp3) is 0.533. The molecule has 2 heterocycles. The van der Waals surface area contributed by atoms with E-state index >= 15 is 0 Å². The second-order valence-electron chi connectivity index (χ2n) is 6.29. The predicted octanol–water partition coefficient (Wildman–Crippen LogP) is 1.90. The molecule has 0 aliphatic rings. The van der Waals surface area contributed by atoms with E-state index in [1.807, 2.05) is 27.7 Å². The van der Waals surface area contributed by atoms with Crippen molar-refractivity contribution in [1.29, 1.82) is 0 Å². The maximum atomic E-state index is 12.7. The van der Waals surface area contributed by atoms with Gasteiger partial charge in [0, 0.05) is 19.3 Å². The quantitative estimate of drug-likeness (QED) is 0.929. The molecule has 0 atom stereocenters. The SMILES string of the molecule is Cc1cc(C(=O)N(C)CC(C)(C)CN)c2c(C)noc2n1. The van der Waals surface area contributed by atoms with Gasteiger partial charge in [0.2, 0.25) is 0 Å². The van der Waals surface area contributed by atoms with Crippen molar-refractivity contribution in [3.63, 3.8) is 0 Å². The third kappa shape index (κ3) is 3.05. The van der Waals surface area contributed by atoms with Gasteiger partial charge in [-0.2, -0.15) is 0 Å². The van der Waals surface area contributed by atoms with Gasteiger partial charge < -0.3 is 15.2 Å². The first-order valence-corrected chi connectivity index (χ1v) is 6.94. The van der Waals surface area contributed by atoms with Crippen LogP contribution in [0.2, 0.25) is 0 Å². The summed E-state index contributed by atoms with van der Waals surface area (Å²) in [5, 5.41) is 4.59. The van der Waals surface area contributed by atoms with Crippen LogP contribution in [-0.2, 0) is 0 Å². The molecule has 2 aromatic rings. The summed E-state index contributed by atoms with van der Waals surface area (Å²) in [7, 11) is 1.78. The minimum Gasteiger partial charge on any atom is -0.341 e. The van der Waals surface area contributed by atoms with Crippen molar-refractivity contribution in [3.05, 3.63) is 23.0 Å². The number of carbonyl (C=O) groups is 1. The molecule has 114 valence electrons. The molecule has 0 unspecified atom stereocenters. The maximum absolute atomic E-state index is 12.7. The van der Waals surface area contributed by atoms with Gasteiger partial charge in [-0.15, -0.1) is 0 Å². The first-order chi connectivity index (χ1) is 9.75. The molecule has 1 amide bonds. The number of hydrogen-bond acceptors (Lipinski definition) is 5. The van der Waals surface area contributed by atoms with Crippen LogP contribution in [-0.4, -0.2) is 41.1 Å². The summed E-state index contributed by atoms with van der Waals surface area (Å²) in [6.45, 7) is 8.81. The van der Waals surface area contributed by atoms with Crippen molar-refractivity contribution in [1.82, 2.24) is 15.0 Å². The van der Waals surface area contributed by atoms with E-state index in [0.29, 0.717) is 35.4 Å². The molecule has 0 aromatic carbocycles. The highest BCUT2D eigenvalue weighted by Gasteiger charge is 2.25. The van der Waals surface area contributed by atoms with Crippen molar-refractivity contribution in [2.24, 2.45) is 11.1 Å². The lowest BCUT2D eigenvalue weighted by molar-refractivity contribution is 0.0742. The summed E-state index contributed by atoms with van der Waals surface area (Å²) in [6, 6.07) is 1.78. The molecule has 0 saturated carbocycles. The maximum Gasteiger partial charge on any atom is 0.258 e. The Bertz CT molecular complexity index is 676. The Kier molecular flexibility index (Phi) is 4.00. The summed E-state index contributed by atoms with van der Waals surface area (Å²) in [6.07, 6.45) is 0. The van der Waals surface area contributed by atoms with Crippen LogP contribution >= 0.6 is 0 Å². The monoisotopic (exact) mass is 290 g/mol. The molecule has 0 bridgehead atoms. The molecule has 2 rings (SSSR count). The van der Waals surface area contributed by atoms with E-state index in [-0.39, 0.29) is 11.3 Å². The van der Waals surface area contributed by atoms with Crippen LogP contribution in [0.1, 0.15) is 35.6 Å². The number of nitrogens with zero attached hydrogens (tertiary/aromatic N) is 3. The topological polar surface area (TPSA) is 85.2 Å². The third-order valence-electron chi connectivity index (χ3n) is 3.54. The first-order valence-electron chi connectivity index (χ1n) is 6.94. The average Bonchev–Trinajstić information content (AvgIpc) is 2.78. The van der Waals surface area contributed by atoms with Crippen LogP contribution in [0.15, 0.2) is 10.6 Å². The van der Waals surface area contributed by atoms with Gasteiger partial charge in [-0.3, -0.25) is 4.79 Å². The van der Waals surface area contributed by atoms with Crippen molar-refractivity contribution in [2.45, 2.75) is 27.7 Å². The normalized spacial score (nSPS) is 11.9. The number of rotatable bonds is 4. The second-order valence-corrected chi connectivity index (χ2v) is 6.29. The average molecular weight is 290 g/mol. The Morgan fingerprint density at radius 1 is 1.43 bits per heavy atom. The fourth-order valence-corrected chi connectivity index (χ4v) is 2.37. The lowest BCUT2D eigenvalue weighted by Crippen LogP contribution is -2.39. The zero-order valence-electron chi connectivity index (χ0n) is 13.2.